The maximum Gasteiger partial charge on any atom is 0.328 e. The van der Waals surface area contributed by atoms with Crippen LogP contribution in [0.15, 0.2) is 35.9 Å². The van der Waals surface area contributed by atoms with Crippen molar-refractivity contribution in [1.82, 2.24) is 0 Å². The van der Waals surface area contributed by atoms with Gasteiger partial charge in [0.25, 0.3) is 0 Å². The molecule has 1 rings (SSSR count). The molecule has 3 nitrogen and oxygen atoms in total. The van der Waals surface area contributed by atoms with Gasteiger partial charge in [0.1, 0.15) is 12.4 Å². The molecule has 0 amide bonds. The van der Waals surface area contributed by atoms with Crippen LogP contribution in [0.3, 0.4) is 0 Å². The fourth-order valence-corrected chi connectivity index (χ4v) is 1.16. The summed E-state index contributed by atoms with van der Waals surface area (Å²) < 4.78 is 5.47. The summed E-state index contributed by atoms with van der Waals surface area (Å²) in [7, 11) is 0. The number of aryl methyl sites for hydroxylation is 1. The SMILES string of the molecule is C/C(=C\C(=O)O)COc1ccccc1C. The summed E-state index contributed by atoms with van der Waals surface area (Å²) in [6.45, 7) is 3.98. The van der Waals surface area contributed by atoms with E-state index < -0.39 is 5.97 Å². The van der Waals surface area contributed by atoms with Gasteiger partial charge in [0.05, 0.1) is 0 Å². The Bertz CT molecular complexity index is 380. The van der Waals surface area contributed by atoms with Crippen molar-refractivity contribution in [3.05, 3.63) is 41.5 Å². The van der Waals surface area contributed by atoms with Gasteiger partial charge in [0.15, 0.2) is 0 Å². The van der Waals surface area contributed by atoms with Crippen LogP contribution in [0.2, 0.25) is 0 Å². The van der Waals surface area contributed by atoms with Gasteiger partial charge in [-0.1, -0.05) is 18.2 Å². The topological polar surface area (TPSA) is 46.5 Å². The highest BCUT2D eigenvalue weighted by Gasteiger charge is 1.99. The molecule has 0 spiro atoms. The second-order valence-corrected chi connectivity index (χ2v) is 3.38. The number of hydrogen-bond acceptors (Lipinski definition) is 2. The standard InChI is InChI=1S/C12H14O3/c1-9(7-12(13)14)8-15-11-6-4-3-5-10(11)2/h3-7H,8H2,1-2H3,(H,13,14)/b9-7+. The predicted molar refractivity (Wildman–Crippen MR) is 58.1 cm³/mol. The molecule has 0 fully saturated rings. The average molecular weight is 206 g/mol. The average Bonchev–Trinajstić information content (AvgIpc) is 2.15. The quantitative estimate of drug-likeness (QED) is 0.769. The van der Waals surface area contributed by atoms with Gasteiger partial charge in [0, 0.05) is 6.08 Å². The monoisotopic (exact) mass is 206 g/mol. The minimum absolute atomic E-state index is 0.303. The Hall–Kier alpha value is -1.77. The number of carbonyl (C=O) groups is 1. The van der Waals surface area contributed by atoms with Gasteiger partial charge < -0.3 is 9.84 Å². The van der Waals surface area contributed by atoms with Crippen LogP contribution in [0.5, 0.6) is 5.75 Å². The molecule has 0 aliphatic carbocycles. The first-order valence-corrected chi connectivity index (χ1v) is 4.68. The number of carboxylic acids is 1. The molecule has 15 heavy (non-hydrogen) atoms. The molecule has 80 valence electrons. The lowest BCUT2D eigenvalue weighted by Gasteiger charge is -2.08. The Balaban J connectivity index is 2.58. The third kappa shape index (κ3) is 3.85. The van der Waals surface area contributed by atoms with Crippen molar-refractivity contribution >= 4 is 5.97 Å². The van der Waals surface area contributed by atoms with Gasteiger partial charge in [-0.3, -0.25) is 0 Å². The summed E-state index contributed by atoms with van der Waals surface area (Å²) in [5.41, 5.74) is 1.73. The van der Waals surface area contributed by atoms with Crippen molar-refractivity contribution in [2.24, 2.45) is 0 Å². The number of carboxylic acid groups (broad SMARTS) is 1. The summed E-state index contributed by atoms with van der Waals surface area (Å²) in [6.07, 6.45) is 1.15. The molecule has 0 saturated heterocycles. The molecular formula is C12H14O3. The second-order valence-electron chi connectivity index (χ2n) is 3.38. The highest BCUT2D eigenvalue weighted by Crippen LogP contribution is 2.16. The molecule has 0 aliphatic heterocycles. The molecule has 0 unspecified atom stereocenters. The van der Waals surface area contributed by atoms with E-state index in [9.17, 15) is 4.79 Å². The Labute approximate surface area is 89.0 Å². The molecular weight excluding hydrogens is 192 g/mol. The lowest BCUT2D eigenvalue weighted by Crippen LogP contribution is -2.02. The molecule has 0 saturated carbocycles. The van der Waals surface area contributed by atoms with Gasteiger partial charge in [-0.25, -0.2) is 4.79 Å². The zero-order valence-electron chi connectivity index (χ0n) is 8.86. The van der Waals surface area contributed by atoms with Crippen molar-refractivity contribution in [2.75, 3.05) is 6.61 Å². The first kappa shape index (κ1) is 11.3. The number of aliphatic carboxylic acids is 1. The minimum Gasteiger partial charge on any atom is -0.489 e. The fraction of sp³-hybridized carbons (Fsp3) is 0.250. The third-order valence-electron chi connectivity index (χ3n) is 1.92. The van der Waals surface area contributed by atoms with E-state index in [2.05, 4.69) is 0 Å². The number of ether oxygens (including phenoxy) is 1. The summed E-state index contributed by atoms with van der Waals surface area (Å²) in [5, 5.41) is 8.50. The minimum atomic E-state index is -0.944. The lowest BCUT2D eigenvalue weighted by molar-refractivity contribution is -0.131. The van der Waals surface area contributed by atoms with Gasteiger partial charge in [-0.05, 0) is 31.1 Å². The second kappa shape index (κ2) is 5.20. The molecule has 0 bridgehead atoms. The van der Waals surface area contributed by atoms with E-state index in [-0.39, 0.29) is 0 Å². The van der Waals surface area contributed by atoms with E-state index in [0.717, 1.165) is 17.4 Å². The smallest absolute Gasteiger partial charge is 0.328 e. The van der Waals surface area contributed by atoms with E-state index in [4.69, 9.17) is 9.84 Å². The van der Waals surface area contributed by atoms with Crippen LogP contribution in [-0.2, 0) is 4.79 Å². The van der Waals surface area contributed by atoms with Crippen LogP contribution >= 0.6 is 0 Å². The summed E-state index contributed by atoms with van der Waals surface area (Å²) >= 11 is 0. The molecule has 1 aromatic rings. The Morgan fingerprint density at radius 1 is 1.47 bits per heavy atom. The largest absolute Gasteiger partial charge is 0.489 e. The maximum absolute atomic E-state index is 10.4. The number of rotatable bonds is 4. The van der Waals surface area contributed by atoms with E-state index in [1.54, 1.807) is 6.92 Å². The Kier molecular flexibility index (Phi) is 3.92. The number of hydrogen-bond donors (Lipinski definition) is 1. The van der Waals surface area contributed by atoms with Gasteiger partial charge in [0.2, 0.25) is 0 Å². The van der Waals surface area contributed by atoms with Crippen LogP contribution in [0.4, 0.5) is 0 Å². The Morgan fingerprint density at radius 3 is 2.73 bits per heavy atom. The van der Waals surface area contributed by atoms with Gasteiger partial charge in [-0.2, -0.15) is 0 Å². The zero-order valence-corrected chi connectivity index (χ0v) is 8.86. The zero-order chi connectivity index (χ0) is 11.3. The first-order valence-electron chi connectivity index (χ1n) is 4.68. The fourth-order valence-electron chi connectivity index (χ4n) is 1.16. The van der Waals surface area contributed by atoms with Crippen LogP contribution < -0.4 is 4.74 Å². The lowest BCUT2D eigenvalue weighted by atomic mass is 10.2. The maximum atomic E-state index is 10.4. The molecule has 0 aromatic heterocycles. The number of benzene rings is 1. The van der Waals surface area contributed by atoms with Crippen molar-refractivity contribution < 1.29 is 14.6 Å². The van der Waals surface area contributed by atoms with Crippen molar-refractivity contribution in [1.29, 1.82) is 0 Å². The number of para-hydroxylation sites is 1. The van der Waals surface area contributed by atoms with Crippen molar-refractivity contribution in [2.45, 2.75) is 13.8 Å². The highest BCUT2D eigenvalue weighted by molar-refractivity contribution is 5.80. The molecule has 0 heterocycles. The van der Waals surface area contributed by atoms with E-state index >= 15 is 0 Å². The Morgan fingerprint density at radius 2 is 2.13 bits per heavy atom. The molecule has 0 atom stereocenters. The normalized spacial score (nSPS) is 11.2. The summed E-state index contributed by atoms with van der Waals surface area (Å²) in [4.78, 5) is 10.4. The van der Waals surface area contributed by atoms with E-state index in [0.29, 0.717) is 12.2 Å². The molecule has 3 heteroatoms. The molecule has 1 N–H and O–H groups in total. The highest BCUT2D eigenvalue weighted by atomic mass is 16.5. The molecule has 0 radical (unpaired) electrons. The molecule has 1 aromatic carbocycles. The van der Waals surface area contributed by atoms with E-state index in [1.807, 2.05) is 31.2 Å². The first-order chi connectivity index (χ1) is 7.09. The van der Waals surface area contributed by atoms with Crippen molar-refractivity contribution in [3.8, 4) is 5.75 Å². The van der Waals surface area contributed by atoms with Crippen LogP contribution in [0, 0.1) is 6.92 Å². The van der Waals surface area contributed by atoms with Crippen molar-refractivity contribution in [3.63, 3.8) is 0 Å². The third-order valence-corrected chi connectivity index (χ3v) is 1.92. The van der Waals surface area contributed by atoms with Crippen LogP contribution in [-0.4, -0.2) is 17.7 Å². The van der Waals surface area contributed by atoms with Gasteiger partial charge in [-0.15, -0.1) is 0 Å². The summed E-state index contributed by atoms with van der Waals surface area (Å²) in [6, 6.07) is 7.63. The predicted octanol–water partition coefficient (Wildman–Crippen LogP) is 2.40. The van der Waals surface area contributed by atoms with E-state index in [1.165, 1.54) is 0 Å². The van der Waals surface area contributed by atoms with Gasteiger partial charge >= 0.3 is 5.97 Å². The van der Waals surface area contributed by atoms with Crippen LogP contribution in [0.1, 0.15) is 12.5 Å². The molecule has 0 aliphatic rings. The summed E-state index contributed by atoms with van der Waals surface area (Å²) in [5.74, 6) is -0.156. The van der Waals surface area contributed by atoms with Crippen LogP contribution in [0.25, 0.3) is 0 Å².